The highest BCUT2D eigenvalue weighted by Crippen LogP contribution is 2.61. The third kappa shape index (κ3) is 1.65. The molecule has 4 bridgehead atoms. The van der Waals surface area contributed by atoms with Crippen molar-refractivity contribution < 1.29 is 14.3 Å². The van der Waals surface area contributed by atoms with Crippen LogP contribution in [-0.4, -0.2) is 18.2 Å². The third-order valence-electron chi connectivity index (χ3n) is 6.30. The number of hydrogen-bond donors (Lipinski definition) is 0. The predicted molar refractivity (Wildman–Crippen MR) is 74.7 cm³/mol. The fourth-order valence-corrected chi connectivity index (χ4v) is 5.87. The van der Waals surface area contributed by atoms with Crippen molar-refractivity contribution in [3.05, 3.63) is 12.3 Å². The van der Waals surface area contributed by atoms with Crippen LogP contribution in [0.5, 0.6) is 0 Å². The first-order valence-electron chi connectivity index (χ1n) is 8.16. The second-order valence-electron chi connectivity index (χ2n) is 7.36. The predicted octanol–water partition coefficient (Wildman–Crippen LogP) is 3.29. The average Bonchev–Trinajstić information content (AvgIpc) is 2.75. The summed E-state index contributed by atoms with van der Waals surface area (Å²) >= 11 is 0. The van der Waals surface area contributed by atoms with Gasteiger partial charge in [0, 0.05) is 12.3 Å². The quantitative estimate of drug-likeness (QED) is 0.742. The van der Waals surface area contributed by atoms with E-state index in [9.17, 15) is 4.79 Å². The van der Waals surface area contributed by atoms with E-state index < -0.39 is 11.9 Å². The highest BCUT2D eigenvalue weighted by molar-refractivity contribution is 5.61. The average molecular weight is 276 g/mol. The van der Waals surface area contributed by atoms with Crippen molar-refractivity contribution in [2.24, 2.45) is 29.6 Å². The number of carbonyl (C=O) groups excluding carboxylic acids is 1. The summed E-state index contributed by atoms with van der Waals surface area (Å²) in [6, 6.07) is 0. The molecule has 1 aliphatic heterocycles. The molecule has 0 amide bonds. The van der Waals surface area contributed by atoms with Crippen LogP contribution in [0.1, 0.15) is 45.4 Å². The van der Waals surface area contributed by atoms with Gasteiger partial charge in [0.1, 0.15) is 5.76 Å². The van der Waals surface area contributed by atoms with Crippen LogP contribution in [0.3, 0.4) is 0 Å². The molecule has 0 spiro atoms. The van der Waals surface area contributed by atoms with Crippen LogP contribution in [0.4, 0.5) is 0 Å². The van der Waals surface area contributed by atoms with E-state index in [-0.39, 0.29) is 0 Å². The molecule has 4 aliphatic carbocycles. The molecule has 0 aromatic carbocycles. The van der Waals surface area contributed by atoms with E-state index in [4.69, 9.17) is 9.47 Å². The van der Waals surface area contributed by atoms with Gasteiger partial charge in [0.05, 0.1) is 0 Å². The smallest absolute Gasteiger partial charge is 0.214 e. The largest absolute Gasteiger partial charge is 0.464 e. The lowest BCUT2D eigenvalue weighted by atomic mass is 9.50. The van der Waals surface area contributed by atoms with Crippen LogP contribution in [0.25, 0.3) is 0 Å². The van der Waals surface area contributed by atoms with Crippen molar-refractivity contribution in [1.82, 2.24) is 0 Å². The molecule has 0 radical (unpaired) electrons. The Kier molecular flexibility index (Phi) is 2.79. The van der Waals surface area contributed by atoms with Gasteiger partial charge in [0.25, 0.3) is 0 Å². The lowest BCUT2D eigenvalue weighted by Crippen LogP contribution is -2.55. The zero-order valence-corrected chi connectivity index (χ0v) is 12.2. The molecule has 0 aromatic rings. The van der Waals surface area contributed by atoms with Gasteiger partial charge in [0.15, 0.2) is 12.4 Å². The van der Waals surface area contributed by atoms with Crippen LogP contribution in [0.15, 0.2) is 12.3 Å². The maximum absolute atomic E-state index is 11.1. The molecule has 4 saturated carbocycles. The summed E-state index contributed by atoms with van der Waals surface area (Å²) in [6.07, 6.45) is 7.87. The zero-order valence-electron chi connectivity index (χ0n) is 12.2. The Morgan fingerprint density at radius 1 is 1.20 bits per heavy atom. The minimum Gasteiger partial charge on any atom is -0.464 e. The summed E-state index contributed by atoms with van der Waals surface area (Å²) < 4.78 is 12.2. The molecule has 1 saturated heterocycles. The van der Waals surface area contributed by atoms with Crippen LogP contribution < -0.4 is 0 Å². The van der Waals surface area contributed by atoms with Crippen molar-refractivity contribution >= 4 is 6.29 Å². The summed E-state index contributed by atoms with van der Waals surface area (Å²) in [6.45, 7) is 6.00. The van der Waals surface area contributed by atoms with Crippen LogP contribution >= 0.6 is 0 Å². The van der Waals surface area contributed by atoms with Crippen molar-refractivity contribution in [2.75, 3.05) is 0 Å². The van der Waals surface area contributed by atoms with E-state index in [1.54, 1.807) is 0 Å². The SMILES string of the molecule is C=C1OC(CC)(C2C3CC4CC(C3)CC2C4)OC1C=O. The Balaban J connectivity index is 1.65. The Labute approximate surface area is 120 Å². The van der Waals surface area contributed by atoms with Crippen molar-refractivity contribution in [2.45, 2.75) is 57.3 Å². The Morgan fingerprint density at radius 2 is 1.80 bits per heavy atom. The first-order valence-corrected chi connectivity index (χ1v) is 8.16. The molecular formula is C17H24O3. The third-order valence-corrected chi connectivity index (χ3v) is 6.30. The van der Waals surface area contributed by atoms with Crippen LogP contribution in [0.2, 0.25) is 0 Å². The van der Waals surface area contributed by atoms with Gasteiger partial charge in [-0.3, -0.25) is 4.79 Å². The number of rotatable bonds is 3. The summed E-state index contributed by atoms with van der Waals surface area (Å²) in [5.74, 6) is 3.72. The van der Waals surface area contributed by atoms with Gasteiger partial charge in [-0.25, -0.2) is 0 Å². The number of carbonyl (C=O) groups is 1. The Bertz CT molecular complexity index is 416. The van der Waals surface area contributed by atoms with Gasteiger partial charge in [0.2, 0.25) is 5.79 Å². The monoisotopic (exact) mass is 276 g/mol. The number of ether oxygens (including phenoxy) is 2. The molecule has 5 fully saturated rings. The van der Waals surface area contributed by atoms with Crippen molar-refractivity contribution in [1.29, 1.82) is 0 Å². The van der Waals surface area contributed by atoms with Gasteiger partial charge in [-0.1, -0.05) is 13.5 Å². The molecule has 2 unspecified atom stereocenters. The minimum atomic E-state index is -0.578. The first-order chi connectivity index (χ1) is 9.65. The Morgan fingerprint density at radius 3 is 2.25 bits per heavy atom. The molecular weight excluding hydrogens is 252 g/mol. The van der Waals surface area contributed by atoms with E-state index >= 15 is 0 Å². The molecule has 0 aromatic heterocycles. The normalized spacial score (nSPS) is 53.1. The standard InChI is InChI=1S/C17H24O3/c1-3-17(19-10(2)15(9-18)20-17)16-13-5-11-4-12(7-13)8-14(16)6-11/h9,11-16H,2-8H2,1H3. The molecule has 5 rings (SSSR count). The van der Waals surface area contributed by atoms with Gasteiger partial charge in [-0.05, 0) is 55.8 Å². The van der Waals surface area contributed by atoms with Gasteiger partial charge in [-0.2, -0.15) is 0 Å². The molecule has 3 heteroatoms. The molecule has 5 aliphatic rings. The van der Waals surface area contributed by atoms with Crippen molar-refractivity contribution in [3.8, 4) is 0 Å². The van der Waals surface area contributed by atoms with Gasteiger partial charge >= 0.3 is 0 Å². The van der Waals surface area contributed by atoms with E-state index in [0.29, 0.717) is 11.7 Å². The minimum absolute atomic E-state index is 0.460. The van der Waals surface area contributed by atoms with Crippen molar-refractivity contribution in [3.63, 3.8) is 0 Å². The molecule has 0 N–H and O–H groups in total. The highest BCUT2D eigenvalue weighted by Gasteiger charge is 2.60. The van der Waals surface area contributed by atoms with Crippen LogP contribution in [0, 0.1) is 29.6 Å². The van der Waals surface area contributed by atoms with E-state index in [0.717, 1.165) is 36.4 Å². The Hall–Kier alpha value is -0.830. The number of hydrogen-bond acceptors (Lipinski definition) is 3. The fourth-order valence-electron chi connectivity index (χ4n) is 5.87. The second kappa shape index (κ2) is 4.33. The van der Waals surface area contributed by atoms with E-state index in [2.05, 4.69) is 13.5 Å². The lowest BCUT2D eigenvalue weighted by Gasteiger charge is -2.57. The number of aldehydes is 1. The molecule has 2 atom stereocenters. The van der Waals surface area contributed by atoms with Gasteiger partial charge < -0.3 is 9.47 Å². The van der Waals surface area contributed by atoms with Crippen LogP contribution in [-0.2, 0) is 14.3 Å². The summed E-state index contributed by atoms with van der Waals surface area (Å²) in [5.41, 5.74) is 0. The van der Waals surface area contributed by atoms with Gasteiger partial charge in [-0.15, -0.1) is 0 Å². The molecule has 3 nitrogen and oxygen atoms in total. The zero-order chi connectivity index (χ0) is 13.9. The highest BCUT2D eigenvalue weighted by atomic mass is 16.7. The lowest BCUT2D eigenvalue weighted by molar-refractivity contribution is -0.251. The molecule has 20 heavy (non-hydrogen) atoms. The maximum Gasteiger partial charge on any atom is 0.214 e. The summed E-state index contributed by atoms with van der Waals surface area (Å²) in [4.78, 5) is 11.1. The maximum atomic E-state index is 11.1. The first kappa shape index (κ1) is 12.9. The summed E-state index contributed by atoms with van der Waals surface area (Å²) in [7, 11) is 0. The fraction of sp³-hybridized carbons (Fsp3) is 0.824. The molecule has 110 valence electrons. The van der Waals surface area contributed by atoms with E-state index in [1.807, 2.05) is 0 Å². The second-order valence-corrected chi connectivity index (χ2v) is 7.36. The van der Waals surface area contributed by atoms with E-state index in [1.165, 1.54) is 32.1 Å². The molecule has 1 heterocycles. The topological polar surface area (TPSA) is 35.5 Å². The summed E-state index contributed by atoms with van der Waals surface area (Å²) in [5, 5.41) is 0.